The first kappa shape index (κ1) is 13.4. The Morgan fingerprint density at radius 1 is 1.29 bits per heavy atom. The standard InChI is InChI=1S/C15H15N3O3/c1-18-8-12(15(20)21)13(17-18)14(19)16-11-6-5-9-3-2-4-10(9)7-11/h5-8H,2-4H2,1H3,(H,16,19)(H,20,21). The Morgan fingerprint density at radius 2 is 2.05 bits per heavy atom. The van der Waals surface area contributed by atoms with Gasteiger partial charge < -0.3 is 10.4 Å². The Morgan fingerprint density at radius 3 is 2.81 bits per heavy atom. The zero-order valence-corrected chi connectivity index (χ0v) is 11.6. The molecule has 0 spiro atoms. The van der Waals surface area contributed by atoms with E-state index in [9.17, 15) is 9.59 Å². The first-order chi connectivity index (χ1) is 10.0. The highest BCUT2D eigenvalue weighted by Crippen LogP contribution is 2.25. The van der Waals surface area contributed by atoms with E-state index in [0.29, 0.717) is 5.69 Å². The SMILES string of the molecule is Cn1cc(C(=O)O)c(C(=O)Nc2ccc3c(c2)CCC3)n1. The van der Waals surface area contributed by atoms with E-state index in [1.54, 1.807) is 7.05 Å². The number of nitrogens with zero attached hydrogens (tertiary/aromatic N) is 2. The molecule has 0 bridgehead atoms. The molecule has 0 radical (unpaired) electrons. The van der Waals surface area contributed by atoms with Crippen molar-refractivity contribution in [3.05, 3.63) is 46.8 Å². The normalized spacial score (nSPS) is 13.0. The van der Waals surface area contributed by atoms with Gasteiger partial charge in [-0.1, -0.05) is 6.07 Å². The van der Waals surface area contributed by atoms with Crippen LogP contribution >= 0.6 is 0 Å². The average molecular weight is 285 g/mol. The van der Waals surface area contributed by atoms with Gasteiger partial charge in [0, 0.05) is 18.9 Å². The number of hydrogen-bond donors (Lipinski definition) is 2. The number of carboxylic acid groups (broad SMARTS) is 1. The van der Waals surface area contributed by atoms with Gasteiger partial charge in [-0.05, 0) is 42.5 Å². The Kier molecular flexibility index (Phi) is 3.21. The second-order valence-electron chi connectivity index (χ2n) is 5.16. The number of carbonyl (C=O) groups excluding carboxylic acids is 1. The molecule has 1 heterocycles. The van der Waals surface area contributed by atoms with E-state index in [-0.39, 0.29) is 11.3 Å². The topological polar surface area (TPSA) is 84.2 Å². The van der Waals surface area contributed by atoms with Crippen LogP contribution in [-0.2, 0) is 19.9 Å². The van der Waals surface area contributed by atoms with Crippen LogP contribution in [0.1, 0.15) is 38.4 Å². The van der Waals surface area contributed by atoms with Crippen LogP contribution in [0.4, 0.5) is 5.69 Å². The van der Waals surface area contributed by atoms with Gasteiger partial charge in [0.15, 0.2) is 5.69 Å². The summed E-state index contributed by atoms with van der Waals surface area (Å²) in [5, 5.41) is 15.7. The lowest BCUT2D eigenvalue weighted by Crippen LogP contribution is -2.16. The summed E-state index contributed by atoms with van der Waals surface area (Å²) in [6.45, 7) is 0. The van der Waals surface area contributed by atoms with Crippen molar-refractivity contribution in [3.63, 3.8) is 0 Å². The molecule has 1 aliphatic rings. The quantitative estimate of drug-likeness (QED) is 0.901. The molecule has 1 aromatic carbocycles. The second kappa shape index (κ2) is 5.05. The lowest BCUT2D eigenvalue weighted by atomic mass is 10.1. The number of carboxylic acids is 1. The second-order valence-corrected chi connectivity index (χ2v) is 5.16. The van der Waals surface area contributed by atoms with Gasteiger partial charge in [0.2, 0.25) is 0 Å². The number of aryl methyl sites for hydroxylation is 3. The molecule has 0 saturated heterocycles. The summed E-state index contributed by atoms with van der Waals surface area (Å²) < 4.78 is 1.32. The number of benzene rings is 1. The van der Waals surface area contributed by atoms with Gasteiger partial charge in [-0.3, -0.25) is 9.48 Å². The molecule has 108 valence electrons. The van der Waals surface area contributed by atoms with Gasteiger partial charge in [0.25, 0.3) is 5.91 Å². The number of fused-ring (bicyclic) bond motifs is 1. The minimum absolute atomic E-state index is 0.0782. The molecule has 21 heavy (non-hydrogen) atoms. The van der Waals surface area contributed by atoms with Crippen LogP contribution in [0.25, 0.3) is 0 Å². The zero-order chi connectivity index (χ0) is 15.0. The Hall–Kier alpha value is -2.63. The number of amides is 1. The van der Waals surface area contributed by atoms with Gasteiger partial charge in [0.05, 0.1) is 0 Å². The summed E-state index contributed by atoms with van der Waals surface area (Å²) in [5.41, 5.74) is 3.05. The van der Waals surface area contributed by atoms with E-state index in [4.69, 9.17) is 5.11 Å². The molecular formula is C15H15N3O3. The first-order valence-corrected chi connectivity index (χ1v) is 6.74. The molecule has 6 heteroatoms. The van der Waals surface area contributed by atoms with Gasteiger partial charge in [-0.2, -0.15) is 5.10 Å². The molecule has 2 aromatic rings. The lowest BCUT2D eigenvalue weighted by molar-refractivity contribution is 0.0692. The molecule has 0 atom stereocenters. The lowest BCUT2D eigenvalue weighted by Gasteiger charge is -2.06. The fourth-order valence-electron chi connectivity index (χ4n) is 2.65. The van der Waals surface area contributed by atoms with Crippen LogP contribution < -0.4 is 5.32 Å². The summed E-state index contributed by atoms with van der Waals surface area (Å²) in [7, 11) is 1.58. The van der Waals surface area contributed by atoms with E-state index >= 15 is 0 Å². The highest BCUT2D eigenvalue weighted by molar-refractivity contribution is 6.09. The molecule has 0 aliphatic heterocycles. The molecule has 1 amide bonds. The van der Waals surface area contributed by atoms with Gasteiger partial charge in [-0.15, -0.1) is 0 Å². The minimum atomic E-state index is -1.16. The number of aromatic carboxylic acids is 1. The van der Waals surface area contributed by atoms with Crippen LogP contribution in [0.15, 0.2) is 24.4 Å². The van der Waals surface area contributed by atoms with Crippen molar-refractivity contribution in [1.82, 2.24) is 9.78 Å². The Labute approximate surface area is 121 Å². The molecule has 1 aliphatic carbocycles. The van der Waals surface area contributed by atoms with Crippen molar-refractivity contribution < 1.29 is 14.7 Å². The van der Waals surface area contributed by atoms with Crippen LogP contribution in [0.3, 0.4) is 0 Å². The third kappa shape index (κ3) is 2.52. The summed E-state index contributed by atoms with van der Waals surface area (Å²) in [5.74, 6) is -1.67. The molecule has 0 saturated carbocycles. The summed E-state index contributed by atoms with van der Waals surface area (Å²) >= 11 is 0. The van der Waals surface area contributed by atoms with E-state index in [1.165, 1.54) is 22.0 Å². The van der Waals surface area contributed by atoms with Crippen molar-refractivity contribution in [2.75, 3.05) is 5.32 Å². The third-order valence-electron chi connectivity index (χ3n) is 3.63. The number of rotatable bonds is 3. The molecule has 3 rings (SSSR count). The predicted molar refractivity (Wildman–Crippen MR) is 76.6 cm³/mol. The molecule has 6 nitrogen and oxygen atoms in total. The molecule has 1 aromatic heterocycles. The number of nitrogens with one attached hydrogen (secondary N) is 1. The zero-order valence-electron chi connectivity index (χ0n) is 11.6. The number of aromatic nitrogens is 2. The number of hydrogen-bond acceptors (Lipinski definition) is 3. The fourth-order valence-corrected chi connectivity index (χ4v) is 2.65. The summed E-state index contributed by atoms with van der Waals surface area (Å²) in [4.78, 5) is 23.3. The highest BCUT2D eigenvalue weighted by Gasteiger charge is 2.21. The molecule has 0 fully saturated rings. The minimum Gasteiger partial charge on any atom is -0.478 e. The van der Waals surface area contributed by atoms with Gasteiger partial charge in [0.1, 0.15) is 5.56 Å². The maximum Gasteiger partial charge on any atom is 0.339 e. The maximum absolute atomic E-state index is 12.2. The molecule has 0 unspecified atom stereocenters. The van der Waals surface area contributed by atoms with Crippen molar-refractivity contribution >= 4 is 17.6 Å². The maximum atomic E-state index is 12.2. The summed E-state index contributed by atoms with van der Waals surface area (Å²) in [6, 6.07) is 5.80. The smallest absolute Gasteiger partial charge is 0.339 e. The predicted octanol–water partition coefficient (Wildman–Crippen LogP) is 1.86. The first-order valence-electron chi connectivity index (χ1n) is 6.74. The van der Waals surface area contributed by atoms with E-state index in [1.807, 2.05) is 18.2 Å². The van der Waals surface area contributed by atoms with Gasteiger partial charge >= 0.3 is 5.97 Å². The third-order valence-corrected chi connectivity index (χ3v) is 3.63. The van der Waals surface area contributed by atoms with Crippen LogP contribution in [0, 0.1) is 0 Å². The van der Waals surface area contributed by atoms with Crippen molar-refractivity contribution in [3.8, 4) is 0 Å². The van der Waals surface area contributed by atoms with Gasteiger partial charge in [-0.25, -0.2) is 4.79 Å². The summed E-state index contributed by atoms with van der Waals surface area (Å²) in [6.07, 6.45) is 4.55. The fraction of sp³-hybridized carbons (Fsp3) is 0.267. The monoisotopic (exact) mass is 285 g/mol. The largest absolute Gasteiger partial charge is 0.478 e. The van der Waals surface area contributed by atoms with Crippen LogP contribution in [-0.4, -0.2) is 26.8 Å². The number of anilines is 1. The van der Waals surface area contributed by atoms with E-state index in [0.717, 1.165) is 19.3 Å². The van der Waals surface area contributed by atoms with Crippen molar-refractivity contribution in [2.24, 2.45) is 7.05 Å². The van der Waals surface area contributed by atoms with E-state index < -0.39 is 11.9 Å². The average Bonchev–Trinajstić information content (AvgIpc) is 3.04. The highest BCUT2D eigenvalue weighted by atomic mass is 16.4. The van der Waals surface area contributed by atoms with Crippen LogP contribution in [0.5, 0.6) is 0 Å². The van der Waals surface area contributed by atoms with E-state index in [2.05, 4.69) is 10.4 Å². The molecule has 2 N–H and O–H groups in total. The number of carbonyl (C=O) groups is 2. The molecular weight excluding hydrogens is 270 g/mol. The Bertz CT molecular complexity index is 734. The van der Waals surface area contributed by atoms with Crippen LogP contribution in [0.2, 0.25) is 0 Å². The van der Waals surface area contributed by atoms with Crippen molar-refractivity contribution in [1.29, 1.82) is 0 Å². The Balaban J connectivity index is 1.85. The van der Waals surface area contributed by atoms with Crippen molar-refractivity contribution in [2.45, 2.75) is 19.3 Å².